The molecule has 0 aliphatic carbocycles. The Morgan fingerprint density at radius 2 is 2.13 bits per heavy atom. The van der Waals surface area contributed by atoms with Gasteiger partial charge in [0.1, 0.15) is 5.60 Å². The fourth-order valence-electron chi connectivity index (χ4n) is 2.52. The van der Waals surface area contributed by atoms with Crippen LogP contribution in [0, 0.1) is 16.0 Å². The van der Waals surface area contributed by atoms with Crippen LogP contribution in [-0.4, -0.2) is 39.2 Å². The molecule has 1 atom stereocenters. The van der Waals surface area contributed by atoms with Gasteiger partial charge in [-0.05, 0) is 33.1 Å². The van der Waals surface area contributed by atoms with E-state index in [0.717, 1.165) is 6.42 Å². The van der Waals surface area contributed by atoms with Crippen molar-refractivity contribution in [2.75, 3.05) is 13.1 Å². The minimum absolute atomic E-state index is 0.0715. The first-order valence-electron chi connectivity index (χ1n) is 7.48. The predicted molar refractivity (Wildman–Crippen MR) is 83.3 cm³/mol. The molecule has 0 aromatic carbocycles. The summed E-state index contributed by atoms with van der Waals surface area (Å²) in [7, 11) is 0. The van der Waals surface area contributed by atoms with Gasteiger partial charge in [-0.2, -0.15) is 0 Å². The Balaban J connectivity index is 2.01. The number of nitro groups is 1. The maximum atomic E-state index is 12.0. The second-order valence-corrected chi connectivity index (χ2v) is 6.72. The van der Waals surface area contributed by atoms with E-state index in [-0.39, 0.29) is 23.3 Å². The third-order valence-electron chi connectivity index (χ3n) is 3.57. The third-order valence-corrected chi connectivity index (χ3v) is 3.57. The SMILES string of the molecule is CC(C)(C)OC(=O)N1CCC(Cn2cc([N+](=O)[O-])ccc2=O)C1. The zero-order chi connectivity index (χ0) is 17.2. The van der Waals surface area contributed by atoms with E-state index in [1.54, 1.807) is 25.7 Å². The zero-order valence-electron chi connectivity index (χ0n) is 13.5. The summed E-state index contributed by atoms with van der Waals surface area (Å²) < 4.78 is 6.66. The van der Waals surface area contributed by atoms with Crippen molar-refractivity contribution in [3.8, 4) is 0 Å². The van der Waals surface area contributed by atoms with Crippen molar-refractivity contribution in [2.24, 2.45) is 5.92 Å². The van der Waals surface area contributed by atoms with Gasteiger partial charge in [-0.25, -0.2) is 4.79 Å². The minimum atomic E-state index is -0.549. The molecule has 0 N–H and O–H groups in total. The Morgan fingerprint density at radius 1 is 1.43 bits per heavy atom. The number of nitrogens with zero attached hydrogens (tertiary/aromatic N) is 3. The van der Waals surface area contributed by atoms with Crippen LogP contribution in [0.2, 0.25) is 0 Å². The topological polar surface area (TPSA) is 94.7 Å². The van der Waals surface area contributed by atoms with Crippen LogP contribution in [-0.2, 0) is 11.3 Å². The fourth-order valence-corrected chi connectivity index (χ4v) is 2.52. The predicted octanol–water partition coefficient (Wildman–Crippen LogP) is 2.01. The van der Waals surface area contributed by atoms with E-state index in [0.29, 0.717) is 19.6 Å². The normalized spacial score (nSPS) is 18.0. The molecule has 0 saturated carbocycles. The summed E-state index contributed by atoms with van der Waals surface area (Å²) in [4.78, 5) is 35.7. The molecule has 23 heavy (non-hydrogen) atoms. The molecule has 0 spiro atoms. The van der Waals surface area contributed by atoms with Crippen molar-refractivity contribution in [3.63, 3.8) is 0 Å². The van der Waals surface area contributed by atoms with Gasteiger partial charge in [-0.1, -0.05) is 0 Å². The third kappa shape index (κ3) is 4.54. The van der Waals surface area contributed by atoms with Crippen LogP contribution in [0.15, 0.2) is 23.1 Å². The van der Waals surface area contributed by atoms with Crippen molar-refractivity contribution in [2.45, 2.75) is 39.3 Å². The van der Waals surface area contributed by atoms with E-state index >= 15 is 0 Å². The number of pyridine rings is 1. The Labute approximate surface area is 133 Å². The van der Waals surface area contributed by atoms with Crippen LogP contribution in [0.5, 0.6) is 0 Å². The Kier molecular flexibility index (Phi) is 4.72. The summed E-state index contributed by atoms with van der Waals surface area (Å²) in [5.74, 6) is 0.0715. The van der Waals surface area contributed by atoms with Gasteiger partial charge >= 0.3 is 6.09 Å². The molecule has 1 aliphatic heterocycles. The Hall–Kier alpha value is -2.38. The first-order valence-corrected chi connectivity index (χ1v) is 7.48. The Bertz CT molecular complexity index is 662. The van der Waals surface area contributed by atoms with E-state index < -0.39 is 10.5 Å². The highest BCUT2D eigenvalue weighted by Gasteiger charge is 2.30. The molecule has 1 aromatic rings. The smallest absolute Gasteiger partial charge is 0.410 e. The van der Waals surface area contributed by atoms with Gasteiger partial charge in [0, 0.05) is 31.8 Å². The molecule has 1 unspecified atom stereocenters. The van der Waals surface area contributed by atoms with Crippen molar-refractivity contribution in [3.05, 3.63) is 38.8 Å². The largest absolute Gasteiger partial charge is 0.444 e. The van der Waals surface area contributed by atoms with Crippen LogP contribution in [0.1, 0.15) is 27.2 Å². The number of likely N-dealkylation sites (tertiary alicyclic amines) is 1. The van der Waals surface area contributed by atoms with Crippen molar-refractivity contribution in [1.82, 2.24) is 9.47 Å². The zero-order valence-corrected chi connectivity index (χ0v) is 13.5. The monoisotopic (exact) mass is 323 g/mol. The molecule has 2 rings (SSSR count). The average Bonchev–Trinajstić information content (AvgIpc) is 2.88. The molecule has 1 fully saturated rings. The summed E-state index contributed by atoms with van der Waals surface area (Å²) in [5, 5.41) is 10.8. The lowest BCUT2D eigenvalue weighted by molar-refractivity contribution is -0.385. The van der Waals surface area contributed by atoms with Gasteiger partial charge in [0.25, 0.3) is 11.2 Å². The summed E-state index contributed by atoms with van der Waals surface area (Å²) in [6, 6.07) is 2.39. The Morgan fingerprint density at radius 3 is 2.74 bits per heavy atom. The summed E-state index contributed by atoms with van der Waals surface area (Å²) in [6.45, 7) is 6.80. The second-order valence-electron chi connectivity index (χ2n) is 6.72. The molecule has 2 heterocycles. The van der Waals surface area contributed by atoms with Crippen molar-refractivity contribution in [1.29, 1.82) is 0 Å². The quantitative estimate of drug-likeness (QED) is 0.626. The highest BCUT2D eigenvalue weighted by atomic mass is 16.6. The number of carbonyl (C=O) groups is 1. The number of hydrogen-bond acceptors (Lipinski definition) is 5. The number of amides is 1. The average molecular weight is 323 g/mol. The maximum absolute atomic E-state index is 12.0. The number of rotatable bonds is 3. The molecular weight excluding hydrogens is 302 g/mol. The van der Waals surface area contributed by atoms with E-state index in [9.17, 15) is 19.7 Å². The fraction of sp³-hybridized carbons (Fsp3) is 0.600. The summed E-state index contributed by atoms with van der Waals surface area (Å²) in [5.41, 5.74) is -0.954. The molecule has 1 aromatic heterocycles. The number of carbonyl (C=O) groups excluding carboxylic acids is 1. The lowest BCUT2D eigenvalue weighted by Gasteiger charge is -2.24. The van der Waals surface area contributed by atoms with Gasteiger partial charge in [0.05, 0.1) is 11.1 Å². The first-order chi connectivity index (χ1) is 10.7. The highest BCUT2D eigenvalue weighted by molar-refractivity contribution is 5.68. The van der Waals surface area contributed by atoms with Gasteiger partial charge in [0.2, 0.25) is 0 Å². The van der Waals surface area contributed by atoms with Gasteiger partial charge < -0.3 is 14.2 Å². The van der Waals surface area contributed by atoms with E-state index in [1.165, 1.54) is 22.9 Å². The van der Waals surface area contributed by atoms with Gasteiger partial charge in [-0.15, -0.1) is 0 Å². The molecule has 1 amide bonds. The van der Waals surface area contributed by atoms with E-state index in [1.807, 2.05) is 0 Å². The molecule has 126 valence electrons. The highest BCUT2D eigenvalue weighted by Crippen LogP contribution is 2.21. The minimum Gasteiger partial charge on any atom is -0.444 e. The van der Waals surface area contributed by atoms with Crippen molar-refractivity contribution < 1.29 is 14.5 Å². The maximum Gasteiger partial charge on any atom is 0.410 e. The molecule has 1 aliphatic rings. The van der Waals surface area contributed by atoms with Gasteiger partial charge in [-0.3, -0.25) is 14.9 Å². The number of hydrogen-bond donors (Lipinski definition) is 0. The van der Waals surface area contributed by atoms with Crippen LogP contribution in [0.4, 0.5) is 10.5 Å². The number of ether oxygens (including phenoxy) is 1. The van der Waals surface area contributed by atoms with E-state index in [4.69, 9.17) is 4.74 Å². The lowest BCUT2D eigenvalue weighted by atomic mass is 10.1. The van der Waals surface area contributed by atoms with Crippen LogP contribution < -0.4 is 5.56 Å². The summed E-state index contributed by atoms with van der Waals surface area (Å²) in [6.07, 6.45) is 1.61. The van der Waals surface area contributed by atoms with Crippen LogP contribution in [0.25, 0.3) is 0 Å². The first kappa shape index (κ1) is 17.0. The van der Waals surface area contributed by atoms with Gasteiger partial charge in [0.15, 0.2) is 0 Å². The van der Waals surface area contributed by atoms with Crippen LogP contribution >= 0.6 is 0 Å². The summed E-state index contributed by atoms with van der Waals surface area (Å²) >= 11 is 0. The molecule has 1 saturated heterocycles. The molecular formula is C15H21N3O5. The molecule has 8 heteroatoms. The van der Waals surface area contributed by atoms with Crippen molar-refractivity contribution >= 4 is 11.8 Å². The van der Waals surface area contributed by atoms with Crippen LogP contribution in [0.3, 0.4) is 0 Å². The molecule has 8 nitrogen and oxygen atoms in total. The van der Waals surface area contributed by atoms with E-state index in [2.05, 4.69) is 0 Å². The molecule has 0 bridgehead atoms. The number of aromatic nitrogens is 1. The second kappa shape index (κ2) is 6.39. The lowest BCUT2D eigenvalue weighted by Crippen LogP contribution is -2.35. The standard InChI is InChI=1S/C15H21N3O5/c1-15(2,3)23-14(20)16-7-6-11(8-16)9-17-10-12(18(21)22)4-5-13(17)19/h4-5,10-11H,6-9H2,1-3H3. The molecule has 0 radical (unpaired) electrons.